The summed E-state index contributed by atoms with van der Waals surface area (Å²) in [5, 5.41) is 6.11. The van der Waals surface area contributed by atoms with Gasteiger partial charge in [0.15, 0.2) is 0 Å². The molecule has 0 radical (unpaired) electrons. The summed E-state index contributed by atoms with van der Waals surface area (Å²) in [6.45, 7) is 7.35. The van der Waals surface area contributed by atoms with Gasteiger partial charge in [0, 0.05) is 31.1 Å². The molecular weight excluding hydrogens is 278 g/mol. The summed E-state index contributed by atoms with van der Waals surface area (Å²) >= 11 is 0. The van der Waals surface area contributed by atoms with E-state index in [1.807, 2.05) is 25.7 Å². The minimum Gasteiger partial charge on any atom is -0.353 e. The van der Waals surface area contributed by atoms with E-state index in [-0.39, 0.29) is 23.5 Å². The number of nitrogens with zero attached hydrogens (tertiary/aromatic N) is 1. The number of carbonyl (C=O) groups is 2. The maximum absolute atomic E-state index is 12.1. The molecule has 0 aromatic rings. The Hall–Kier alpha value is -1.52. The highest BCUT2D eigenvalue weighted by Crippen LogP contribution is 2.20. The first-order valence-corrected chi connectivity index (χ1v) is 8.36. The van der Waals surface area contributed by atoms with Crippen LogP contribution in [-0.2, 0) is 4.79 Å². The zero-order valence-corrected chi connectivity index (χ0v) is 14.0. The molecule has 1 fully saturated rings. The van der Waals surface area contributed by atoms with Gasteiger partial charge >= 0.3 is 6.03 Å². The fourth-order valence-corrected chi connectivity index (χ4v) is 3.02. The summed E-state index contributed by atoms with van der Waals surface area (Å²) in [6.07, 6.45) is 8.77. The average molecular weight is 307 g/mol. The average Bonchev–Trinajstić information content (AvgIpc) is 2.90. The summed E-state index contributed by atoms with van der Waals surface area (Å²) in [5.41, 5.74) is -0.211. The van der Waals surface area contributed by atoms with Crippen LogP contribution in [0.25, 0.3) is 0 Å². The lowest BCUT2D eigenvalue weighted by atomic mass is 10.0. The molecular formula is C17H29N3O2. The highest BCUT2D eigenvalue weighted by Gasteiger charge is 2.26. The summed E-state index contributed by atoms with van der Waals surface area (Å²) in [5.74, 6) is 0.562. The Morgan fingerprint density at radius 3 is 2.41 bits per heavy atom. The zero-order chi connectivity index (χ0) is 16.2. The fourth-order valence-electron chi connectivity index (χ4n) is 3.02. The molecule has 3 amide bonds. The maximum atomic E-state index is 12.1. The Balaban J connectivity index is 1.69. The van der Waals surface area contributed by atoms with Crippen molar-refractivity contribution in [2.45, 2.75) is 64.5 Å². The first-order chi connectivity index (χ1) is 10.3. The number of hydrogen-bond donors (Lipinski definition) is 2. The minimum absolute atomic E-state index is 0.00614. The third-order valence-corrected chi connectivity index (χ3v) is 4.19. The second-order valence-corrected chi connectivity index (χ2v) is 7.48. The Bertz CT molecular complexity index is 432. The summed E-state index contributed by atoms with van der Waals surface area (Å²) in [7, 11) is 0. The number of rotatable bonds is 3. The quantitative estimate of drug-likeness (QED) is 0.787. The van der Waals surface area contributed by atoms with E-state index >= 15 is 0 Å². The standard InChI is InChI=1S/C17H29N3O2/c1-17(2,3)19-16(22)20-10-8-14(9-11-20)18-15(21)12-13-6-4-5-7-13/h4,6,13-14H,5,7-12H2,1-3H3,(H,18,21)(H,19,22)/t13-/m0/s1. The van der Waals surface area contributed by atoms with E-state index in [0.29, 0.717) is 25.4 Å². The summed E-state index contributed by atoms with van der Waals surface area (Å²) in [4.78, 5) is 26.0. The lowest BCUT2D eigenvalue weighted by Crippen LogP contribution is -2.53. The predicted octanol–water partition coefficient (Wildman–Crippen LogP) is 2.43. The maximum Gasteiger partial charge on any atom is 0.317 e. The molecule has 1 atom stereocenters. The Morgan fingerprint density at radius 1 is 1.18 bits per heavy atom. The molecule has 0 aromatic heterocycles. The normalized spacial score (nSPS) is 22.7. The van der Waals surface area contributed by atoms with Crippen LogP contribution in [0.3, 0.4) is 0 Å². The van der Waals surface area contributed by atoms with Gasteiger partial charge < -0.3 is 15.5 Å². The van der Waals surface area contributed by atoms with Gasteiger partial charge in [-0.15, -0.1) is 0 Å². The molecule has 0 aromatic carbocycles. The third kappa shape index (κ3) is 5.35. The number of likely N-dealkylation sites (tertiary alicyclic amines) is 1. The van der Waals surface area contributed by atoms with Gasteiger partial charge in [-0.2, -0.15) is 0 Å². The van der Waals surface area contributed by atoms with E-state index in [2.05, 4.69) is 22.8 Å². The van der Waals surface area contributed by atoms with Gasteiger partial charge in [-0.25, -0.2) is 4.79 Å². The molecule has 2 N–H and O–H groups in total. The van der Waals surface area contributed by atoms with Crippen molar-refractivity contribution in [2.24, 2.45) is 5.92 Å². The molecule has 0 unspecified atom stereocenters. The molecule has 5 heteroatoms. The first-order valence-electron chi connectivity index (χ1n) is 8.36. The van der Waals surface area contributed by atoms with E-state index in [9.17, 15) is 9.59 Å². The molecule has 1 heterocycles. The van der Waals surface area contributed by atoms with Gasteiger partial charge in [-0.3, -0.25) is 4.79 Å². The van der Waals surface area contributed by atoms with Crippen molar-refractivity contribution in [2.75, 3.05) is 13.1 Å². The van der Waals surface area contributed by atoms with Crippen LogP contribution in [0.15, 0.2) is 12.2 Å². The fraction of sp³-hybridized carbons (Fsp3) is 0.765. The van der Waals surface area contributed by atoms with Gasteiger partial charge in [0.25, 0.3) is 0 Å². The van der Waals surface area contributed by atoms with Crippen LogP contribution in [0, 0.1) is 5.92 Å². The van der Waals surface area contributed by atoms with E-state index in [4.69, 9.17) is 0 Å². The molecule has 0 spiro atoms. The molecule has 1 aliphatic heterocycles. The Morgan fingerprint density at radius 2 is 1.86 bits per heavy atom. The van der Waals surface area contributed by atoms with Crippen LogP contribution in [-0.4, -0.2) is 41.5 Å². The minimum atomic E-state index is -0.211. The number of nitrogens with one attached hydrogen (secondary N) is 2. The Kier molecular flexibility index (Phi) is 5.48. The van der Waals surface area contributed by atoms with E-state index < -0.39 is 0 Å². The van der Waals surface area contributed by atoms with Gasteiger partial charge in [0.2, 0.25) is 5.91 Å². The molecule has 2 aliphatic rings. The SMILES string of the molecule is CC(C)(C)NC(=O)N1CCC(NC(=O)C[C@H]2C=CCC2)CC1. The molecule has 22 heavy (non-hydrogen) atoms. The summed E-state index contributed by atoms with van der Waals surface area (Å²) in [6, 6.07) is 0.199. The lowest BCUT2D eigenvalue weighted by Gasteiger charge is -2.34. The van der Waals surface area contributed by atoms with Crippen LogP contribution in [0.4, 0.5) is 4.79 Å². The van der Waals surface area contributed by atoms with Gasteiger partial charge in [0.1, 0.15) is 0 Å². The van der Waals surface area contributed by atoms with Crippen molar-refractivity contribution in [3.8, 4) is 0 Å². The smallest absolute Gasteiger partial charge is 0.317 e. The monoisotopic (exact) mass is 307 g/mol. The molecule has 0 bridgehead atoms. The van der Waals surface area contributed by atoms with Gasteiger partial charge in [-0.1, -0.05) is 12.2 Å². The number of hydrogen-bond acceptors (Lipinski definition) is 2. The molecule has 0 saturated carbocycles. The largest absolute Gasteiger partial charge is 0.353 e. The second kappa shape index (κ2) is 7.16. The van der Waals surface area contributed by atoms with Crippen molar-refractivity contribution in [3.63, 3.8) is 0 Å². The van der Waals surface area contributed by atoms with Crippen LogP contribution in [0.1, 0.15) is 52.9 Å². The predicted molar refractivity (Wildman–Crippen MR) is 87.5 cm³/mol. The van der Waals surface area contributed by atoms with Crippen LogP contribution in [0.5, 0.6) is 0 Å². The molecule has 1 aliphatic carbocycles. The van der Waals surface area contributed by atoms with E-state index in [1.165, 1.54) is 0 Å². The third-order valence-electron chi connectivity index (χ3n) is 4.19. The number of allylic oxidation sites excluding steroid dienone is 2. The number of carbonyl (C=O) groups excluding carboxylic acids is 2. The molecule has 5 nitrogen and oxygen atoms in total. The van der Waals surface area contributed by atoms with Crippen LogP contribution < -0.4 is 10.6 Å². The van der Waals surface area contributed by atoms with Crippen molar-refractivity contribution in [1.82, 2.24) is 15.5 Å². The number of piperidine rings is 1. The number of amides is 3. The first kappa shape index (κ1) is 16.8. The lowest BCUT2D eigenvalue weighted by molar-refractivity contribution is -0.122. The number of urea groups is 1. The van der Waals surface area contributed by atoms with Crippen molar-refractivity contribution in [3.05, 3.63) is 12.2 Å². The van der Waals surface area contributed by atoms with Crippen molar-refractivity contribution < 1.29 is 9.59 Å². The zero-order valence-electron chi connectivity index (χ0n) is 14.0. The highest BCUT2D eigenvalue weighted by molar-refractivity contribution is 5.77. The Labute approximate surface area is 133 Å². The molecule has 1 saturated heterocycles. The molecule has 124 valence electrons. The topological polar surface area (TPSA) is 61.4 Å². The van der Waals surface area contributed by atoms with Crippen molar-refractivity contribution in [1.29, 1.82) is 0 Å². The molecule has 2 rings (SSSR count). The second-order valence-electron chi connectivity index (χ2n) is 7.48. The highest BCUT2D eigenvalue weighted by atomic mass is 16.2. The van der Waals surface area contributed by atoms with Gasteiger partial charge in [-0.05, 0) is 52.4 Å². The van der Waals surface area contributed by atoms with E-state index in [1.54, 1.807) is 0 Å². The summed E-state index contributed by atoms with van der Waals surface area (Å²) < 4.78 is 0. The van der Waals surface area contributed by atoms with Crippen LogP contribution in [0.2, 0.25) is 0 Å². The van der Waals surface area contributed by atoms with Gasteiger partial charge in [0.05, 0.1) is 0 Å². The van der Waals surface area contributed by atoms with Crippen LogP contribution >= 0.6 is 0 Å². The van der Waals surface area contributed by atoms with E-state index in [0.717, 1.165) is 25.7 Å². The van der Waals surface area contributed by atoms with Crippen molar-refractivity contribution >= 4 is 11.9 Å².